The van der Waals surface area contributed by atoms with Gasteiger partial charge in [-0.2, -0.15) is 0 Å². The van der Waals surface area contributed by atoms with Crippen LogP contribution in [0.2, 0.25) is 0 Å². The molecule has 0 N–H and O–H groups in total. The molecule has 3 unspecified atom stereocenters. The Morgan fingerprint density at radius 1 is 1.00 bits per heavy atom. The van der Waals surface area contributed by atoms with Gasteiger partial charge in [0.1, 0.15) is 5.78 Å². The van der Waals surface area contributed by atoms with Gasteiger partial charge in [0.25, 0.3) is 0 Å². The lowest BCUT2D eigenvalue weighted by Gasteiger charge is -2.60. The Bertz CT molecular complexity index is 502. The Kier molecular flexibility index (Phi) is 4.32. The normalized spacial score (nSPS) is 51.0. The summed E-state index contributed by atoms with van der Waals surface area (Å²) in [4.78, 5) is 12.0. The Balaban J connectivity index is 1.55. The maximum Gasteiger partial charge on any atom is 0.133 e. The molecule has 0 aromatic rings. The first kappa shape index (κ1) is 17.0. The number of ketones is 1. The Hall–Kier alpha value is -0.400. The smallest absolute Gasteiger partial charge is 0.133 e. The van der Waals surface area contributed by atoms with Crippen LogP contribution in [0.15, 0.2) is 0 Å². The molecule has 24 heavy (non-hydrogen) atoms. The first-order chi connectivity index (χ1) is 11.5. The third-order valence-corrected chi connectivity index (χ3v) is 9.36. The van der Waals surface area contributed by atoms with Crippen LogP contribution >= 0.6 is 0 Å². The van der Waals surface area contributed by atoms with Crippen LogP contribution in [0, 0.1) is 40.4 Å². The molecule has 4 aliphatic rings. The highest BCUT2D eigenvalue weighted by atomic mass is 19.1. The topological polar surface area (TPSA) is 17.1 Å². The van der Waals surface area contributed by atoms with E-state index < -0.39 is 0 Å². The molecule has 1 nitrogen and oxygen atoms in total. The molecule has 7 atom stereocenters. The summed E-state index contributed by atoms with van der Waals surface area (Å²) in [7, 11) is 0. The summed E-state index contributed by atoms with van der Waals surface area (Å²) in [6, 6.07) is 0. The van der Waals surface area contributed by atoms with Gasteiger partial charge in [0.05, 0.1) is 6.67 Å². The average Bonchev–Trinajstić information content (AvgIpc) is 2.90. The summed E-state index contributed by atoms with van der Waals surface area (Å²) in [5, 5.41) is 0. The Morgan fingerprint density at radius 2 is 1.79 bits per heavy atom. The second-order valence-electron chi connectivity index (χ2n) is 10.0. The molecule has 0 amide bonds. The molecule has 4 aliphatic carbocycles. The number of hydrogen-bond acceptors (Lipinski definition) is 1. The van der Waals surface area contributed by atoms with Gasteiger partial charge in [-0.25, -0.2) is 0 Å². The average molecular weight is 335 g/mol. The van der Waals surface area contributed by atoms with E-state index in [1.165, 1.54) is 38.5 Å². The van der Waals surface area contributed by atoms with E-state index in [0.29, 0.717) is 22.5 Å². The second-order valence-corrected chi connectivity index (χ2v) is 10.0. The molecule has 0 aromatic heterocycles. The van der Waals surface area contributed by atoms with E-state index in [0.717, 1.165) is 55.8 Å². The largest absolute Gasteiger partial charge is 0.300 e. The number of carbonyl (C=O) groups is 1. The van der Waals surface area contributed by atoms with Gasteiger partial charge in [0.15, 0.2) is 0 Å². The third-order valence-electron chi connectivity index (χ3n) is 9.36. The van der Waals surface area contributed by atoms with Crippen LogP contribution in [0.25, 0.3) is 0 Å². The van der Waals surface area contributed by atoms with Crippen LogP contribution in [0.1, 0.15) is 84.5 Å². The van der Waals surface area contributed by atoms with Gasteiger partial charge in [0.2, 0.25) is 0 Å². The maximum atomic E-state index is 12.7. The van der Waals surface area contributed by atoms with Crippen molar-refractivity contribution in [1.82, 2.24) is 0 Å². The molecule has 2 heteroatoms. The van der Waals surface area contributed by atoms with E-state index in [9.17, 15) is 9.18 Å². The molecule has 4 rings (SSSR count). The van der Waals surface area contributed by atoms with Gasteiger partial charge in [-0.05, 0) is 98.2 Å². The number of fused-ring (bicyclic) bond motifs is 5. The van der Waals surface area contributed by atoms with Gasteiger partial charge < -0.3 is 0 Å². The van der Waals surface area contributed by atoms with Crippen molar-refractivity contribution >= 4 is 5.78 Å². The highest BCUT2D eigenvalue weighted by Gasteiger charge is 2.59. The zero-order chi connectivity index (χ0) is 16.9. The molecule has 136 valence electrons. The number of rotatable bonds is 3. The highest BCUT2D eigenvalue weighted by molar-refractivity contribution is 5.79. The molecule has 0 aromatic carbocycles. The zero-order valence-electron chi connectivity index (χ0n) is 15.7. The third kappa shape index (κ3) is 2.42. The summed E-state index contributed by atoms with van der Waals surface area (Å²) in [6.45, 7) is 4.93. The molecule has 4 saturated carbocycles. The van der Waals surface area contributed by atoms with E-state index in [2.05, 4.69) is 13.8 Å². The predicted octanol–water partition coefficient (Wildman–Crippen LogP) is 5.96. The van der Waals surface area contributed by atoms with E-state index in [-0.39, 0.29) is 6.67 Å². The van der Waals surface area contributed by atoms with Crippen LogP contribution < -0.4 is 0 Å². The fourth-order valence-corrected chi connectivity index (χ4v) is 7.95. The van der Waals surface area contributed by atoms with Gasteiger partial charge in [-0.3, -0.25) is 9.18 Å². The highest BCUT2D eigenvalue weighted by Crippen LogP contribution is 2.67. The van der Waals surface area contributed by atoms with Crippen molar-refractivity contribution in [3.63, 3.8) is 0 Å². The van der Waals surface area contributed by atoms with Crippen molar-refractivity contribution in [2.24, 2.45) is 40.4 Å². The number of carbonyl (C=O) groups excluding carboxylic acids is 1. The fourth-order valence-electron chi connectivity index (χ4n) is 7.95. The molecule has 0 bridgehead atoms. The zero-order valence-corrected chi connectivity index (χ0v) is 15.7. The Morgan fingerprint density at radius 3 is 2.58 bits per heavy atom. The van der Waals surface area contributed by atoms with Crippen molar-refractivity contribution in [3.05, 3.63) is 0 Å². The van der Waals surface area contributed by atoms with Gasteiger partial charge in [0, 0.05) is 12.8 Å². The second kappa shape index (κ2) is 6.09. The number of hydrogen-bond donors (Lipinski definition) is 0. The molecule has 0 aliphatic heterocycles. The number of halogens is 1. The predicted molar refractivity (Wildman–Crippen MR) is 95.4 cm³/mol. The summed E-state index contributed by atoms with van der Waals surface area (Å²) in [5.41, 5.74) is 0.902. The summed E-state index contributed by atoms with van der Waals surface area (Å²) in [5.74, 6) is 4.54. The van der Waals surface area contributed by atoms with E-state index in [1.807, 2.05) is 0 Å². The molecular formula is C22H35FO. The van der Waals surface area contributed by atoms with Crippen molar-refractivity contribution in [3.8, 4) is 0 Å². The van der Waals surface area contributed by atoms with E-state index >= 15 is 0 Å². The Labute approximate surface area is 147 Å². The quantitative estimate of drug-likeness (QED) is 0.622. The summed E-state index contributed by atoms with van der Waals surface area (Å²) >= 11 is 0. The SMILES string of the molecule is C[C@]12CCC3[C@@H](CC[C@@H]4CC(=O)CC[C@]34C)C1CCC2CCCF. The maximum absolute atomic E-state index is 12.7. The lowest BCUT2D eigenvalue weighted by Crippen LogP contribution is -2.53. The first-order valence-corrected chi connectivity index (χ1v) is 10.6. The fraction of sp³-hybridized carbons (Fsp3) is 0.955. The molecule has 0 heterocycles. The van der Waals surface area contributed by atoms with Crippen molar-refractivity contribution < 1.29 is 9.18 Å². The lowest BCUT2D eigenvalue weighted by molar-refractivity contribution is -0.139. The first-order valence-electron chi connectivity index (χ1n) is 10.6. The molecule has 0 saturated heterocycles. The van der Waals surface area contributed by atoms with Crippen molar-refractivity contribution in [2.75, 3.05) is 6.67 Å². The number of Topliss-reactive ketones (excluding diaryl/α,β-unsaturated/α-hetero) is 1. The van der Waals surface area contributed by atoms with Gasteiger partial charge in [-0.1, -0.05) is 13.8 Å². The molecule has 0 radical (unpaired) electrons. The van der Waals surface area contributed by atoms with Gasteiger partial charge >= 0.3 is 0 Å². The van der Waals surface area contributed by atoms with Crippen LogP contribution in [0.5, 0.6) is 0 Å². The van der Waals surface area contributed by atoms with E-state index in [4.69, 9.17) is 0 Å². The van der Waals surface area contributed by atoms with Gasteiger partial charge in [-0.15, -0.1) is 0 Å². The van der Waals surface area contributed by atoms with E-state index in [1.54, 1.807) is 0 Å². The van der Waals surface area contributed by atoms with Crippen molar-refractivity contribution in [1.29, 1.82) is 0 Å². The van der Waals surface area contributed by atoms with Crippen LogP contribution in [-0.2, 0) is 4.79 Å². The standard InChI is InChI=1S/C22H35FO/c1-21-12-10-20-18(19(21)8-6-15(21)4-3-13-23)7-5-16-14-17(24)9-11-22(16,20)2/h15-16,18-20H,3-14H2,1-2H3/t15?,16-,18+,19?,20?,21-,22+/m1/s1. The van der Waals surface area contributed by atoms with Crippen LogP contribution in [-0.4, -0.2) is 12.5 Å². The summed E-state index contributed by atoms with van der Waals surface area (Å²) in [6.07, 6.45) is 12.8. The van der Waals surface area contributed by atoms with Crippen molar-refractivity contribution in [2.45, 2.75) is 84.5 Å². The van der Waals surface area contributed by atoms with Crippen LogP contribution in [0.4, 0.5) is 4.39 Å². The monoisotopic (exact) mass is 334 g/mol. The van der Waals surface area contributed by atoms with Crippen LogP contribution in [0.3, 0.4) is 0 Å². The minimum Gasteiger partial charge on any atom is -0.300 e. The summed E-state index contributed by atoms with van der Waals surface area (Å²) < 4.78 is 12.7. The lowest BCUT2D eigenvalue weighted by atomic mass is 9.44. The minimum absolute atomic E-state index is 0.142. The molecular weight excluding hydrogens is 299 g/mol. The molecule has 4 fully saturated rings. The molecule has 0 spiro atoms. The minimum atomic E-state index is -0.142. The number of alkyl halides is 1.